The molecule has 0 spiro atoms. The number of aromatic nitrogens is 1. The standard InChI is InChI=1S/C24H27N2S.HI/c1-6-16(2)26-17(3)13-19(14-18(26)4)15-23-25(5)24-21-10-8-7-9-20(21)11-12-22(24)27-23;/h7-16H,6H2,1-5H3;1H/q+1;/p-1. The zero-order valence-corrected chi connectivity index (χ0v) is 20.1. The van der Waals surface area contributed by atoms with Crippen molar-refractivity contribution in [3.63, 3.8) is 0 Å². The van der Waals surface area contributed by atoms with Crippen LogP contribution < -0.4 is 33.4 Å². The molecule has 1 aromatic heterocycles. The van der Waals surface area contributed by atoms with Crippen molar-refractivity contribution < 1.29 is 28.5 Å². The molecule has 1 unspecified atom stereocenters. The summed E-state index contributed by atoms with van der Waals surface area (Å²) in [6, 6.07) is 18.3. The molecule has 0 aliphatic carbocycles. The van der Waals surface area contributed by atoms with Crippen molar-refractivity contribution in [2.75, 3.05) is 11.9 Å². The number of thioether (sulfide) groups is 1. The van der Waals surface area contributed by atoms with Crippen molar-refractivity contribution in [2.45, 2.75) is 45.1 Å². The van der Waals surface area contributed by atoms with Gasteiger partial charge in [0.25, 0.3) is 0 Å². The summed E-state index contributed by atoms with van der Waals surface area (Å²) in [5.41, 5.74) is 5.24. The zero-order valence-electron chi connectivity index (χ0n) is 17.2. The summed E-state index contributed by atoms with van der Waals surface area (Å²) in [4.78, 5) is 3.67. The van der Waals surface area contributed by atoms with Gasteiger partial charge in [-0.3, -0.25) is 0 Å². The second kappa shape index (κ2) is 8.46. The molecule has 0 bridgehead atoms. The highest BCUT2D eigenvalue weighted by Crippen LogP contribution is 2.49. The van der Waals surface area contributed by atoms with Crippen LogP contribution in [0, 0.1) is 13.8 Å². The van der Waals surface area contributed by atoms with E-state index >= 15 is 0 Å². The van der Waals surface area contributed by atoms with Gasteiger partial charge in [0.15, 0.2) is 17.4 Å². The Hall–Kier alpha value is -1.53. The van der Waals surface area contributed by atoms with Gasteiger partial charge in [0.1, 0.15) is 0 Å². The fourth-order valence-corrected chi connectivity index (χ4v) is 5.25. The van der Waals surface area contributed by atoms with Crippen LogP contribution in [0.25, 0.3) is 16.8 Å². The summed E-state index contributed by atoms with van der Waals surface area (Å²) < 4.78 is 2.44. The van der Waals surface area contributed by atoms with Crippen LogP contribution in [0.15, 0.2) is 58.5 Å². The predicted molar refractivity (Wildman–Crippen MR) is 117 cm³/mol. The Morgan fingerprint density at radius 2 is 1.75 bits per heavy atom. The molecule has 0 fully saturated rings. The van der Waals surface area contributed by atoms with Crippen molar-refractivity contribution in [1.82, 2.24) is 0 Å². The number of pyridine rings is 1. The lowest BCUT2D eigenvalue weighted by molar-refractivity contribution is -0.730. The molecule has 2 nitrogen and oxygen atoms in total. The van der Waals surface area contributed by atoms with Gasteiger partial charge < -0.3 is 28.9 Å². The summed E-state index contributed by atoms with van der Waals surface area (Å²) in [7, 11) is 2.18. The van der Waals surface area contributed by atoms with Crippen LogP contribution in [0.4, 0.5) is 5.69 Å². The number of nitrogens with zero attached hydrogens (tertiary/aromatic N) is 2. The van der Waals surface area contributed by atoms with Crippen molar-refractivity contribution in [2.24, 2.45) is 0 Å². The molecular weight excluding hydrogens is 475 g/mol. The summed E-state index contributed by atoms with van der Waals surface area (Å²) in [6.45, 7) is 8.97. The maximum absolute atomic E-state index is 2.44. The first-order valence-electron chi connectivity index (χ1n) is 9.67. The fourth-order valence-electron chi connectivity index (χ4n) is 4.13. The second-order valence-electron chi connectivity index (χ2n) is 7.48. The summed E-state index contributed by atoms with van der Waals surface area (Å²) in [5.74, 6) is 0. The van der Waals surface area contributed by atoms with Gasteiger partial charge in [-0.2, -0.15) is 4.57 Å². The molecule has 3 aromatic rings. The number of hydrogen-bond donors (Lipinski definition) is 0. The number of hydrogen-bond acceptors (Lipinski definition) is 2. The molecule has 0 N–H and O–H groups in total. The number of aryl methyl sites for hydroxylation is 2. The number of anilines is 1. The molecule has 4 heteroatoms. The fraction of sp³-hybridized carbons (Fsp3) is 0.292. The molecule has 0 radical (unpaired) electrons. The second-order valence-corrected chi connectivity index (χ2v) is 8.54. The van der Waals surface area contributed by atoms with E-state index in [1.807, 2.05) is 11.8 Å². The Morgan fingerprint density at radius 3 is 2.43 bits per heavy atom. The van der Waals surface area contributed by atoms with Crippen molar-refractivity contribution in [1.29, 1.82) is 0 Å². The maximum Gasteiger partial charge on any atom is 0.179 e. The monoisotopic (exact) mass is 502 g/mol. The first-order valence-corrected chi connectivity index (χ1v) is 10.5. The Morgan fingerprint density at radius 1 is 1.07 bits per heavy atom. The van der Waals surface area contributed by atoms with Crippen LogP contribution in [0.5, 0.6) is 0 Å². The Balaban J connectivity index is 0.00000225. The highest BCUT2D eigenvalue weighted by Gasteiger charge is 2.25. The van der Waals surface area contributed by atoms with Crippen molar-refractivity contribution >= 4 is 34.3 Å². The summed E-state index contributed by atoms with van der Waals surface area (Å²) in [5, 5.41) is 3.90. The van der Waals surface area contributed by atoms with Gasteiger partial charge in [0.2, 0.25) is 0 Å². The first-order chi connectivity index (χ1) is 13.0. The smallest absolute Gasteiger partial charge is 0.179 e. The minimum Gasteiger partial charge on any atom is -1.00 e. The van der Waals surface area contributed by atoms with Crippen LogP contribution in [0.1, 0.15) is 43.3 Å². The van der Waals surface area contributed by atoms with Crippen LogP contribution in [0.3, 0.4) is 0 Å². The molecule has 146 valence electrons. The van der Waals surface area contributed by atoms with E-state index in [-0.39, 0.29) is 24.0 Å². The highest BCUT2D eigenvalue weighted by molar-refractivity contribution is 8.04. The van der Waals surface area contributed by atoms with Gasteiger partial charge in [-0.15, -0.1) is 0 Å². The maximum atomic E-state index is 2.44. The minimum atomic E-state index is 0. The molecule has 4 rings (SSSR count). The van der Waals surface area contributed by atoms with Gasteiger partial charge >= 0.3 is 0 Å². The van der Waals surface area contributed by atoms with Gasteiger partial charge in [0.05, 0.1) is 10.7 Å². The molecular formula is C24H27IN2S. The minimum absolute atomic E-state index is 0. The lowest BCUT2D eigenvalue weighted by atomic mass is 10.1. The van der Waals surface area contributed by atoms with Crippen LogP contribution >= 0.6 is 11.8 Å². The molecule has 2 heterocycles. The lowest BCUT2D eigenvalue weighted by Crippen LogP contribution is -3.00. The molecule has 1 aliphatic heterocycles. The normalized spacial score (nSPS) is 15.6. The van der Waals surface area contributed by atoms with Crippen LogP contribution in [-0.2, 0) is 0 Å². The quantitative estimate of drug-likeness (QED) is 0.401. The molecule has 0 saturated heterocycles. The van der Waals surface area contributed by atoms with E-state index in [0.717, 1.165) is 6.42 Å². The molecule has 28 heavy (non-hydrogen) atoms. The van der Waals surface area contributed by atoms with Crippen LogP contribution in [-0.4, -0.2) is 7.05 Å². The van der Waals surface area contributed by atoms with E-state index < -0.39 is 0 Å². The molecule has 1 atom stereocenters. The van der Waals surface area contributed by atoms with Gasteiger partial charge in [-0.25, -0.2) is 0 Å². The summed E-state index contributed by atoms with van der Waals surface area (Å²) in [6.07, 6.45) is 3.47. The van der Waals surface area contributed by atoms with Crippen molar-refractivity contribution in [3.05, 3.63) is 70.5 Å². The van der Waals surface area contributed by atoms with Gasteiger partial charge in [-0.1, -0.05) is 49.0 Å². The van der Waals surface area contributed by atoms with Crippen LogP contribution in [0.2, 0.25) is 0 Å². The topological polar surface area (TPSA) is 7.12 Å². The lowest BCUT2D eigenvalue weighted by Gasteiger charge is -2.16. The van der Waals surface area contributed by atoms with Gasteiger partial charge in [0, 0.05) is 49.7 Å². The molecule has 0 amide bonds. The Kier molecular flexibility index (Phi) is 6.40. The third-order valence-corrected chi connectivity index (χ3v) is 6.73. The number of benzene rings is 2. The third-order valence-electron chi connectivity index (χ3n) is 5.58. The molecule has 0 saturated carbocycles. The van der Waals surface area contributed by atoms with E-state index in [9.17, 15) is 0 Å². The SMILES string of the molecule is CCC(C)[n+]1c(C)cc(/C=C2\Sc3ccc4ccccc4c3N2C)cc1C.[I-]. The Bertz CT molecular complexity index is 1030. The highest BCUT2D eigenvalue weighted by atomic mass is 127. The van der Waals surface area contributed by atoms with E-state index in [1.165, 1.54) is 43.3 Å². The zero-order chi connectivity index (χ0) is 19.1. The largest absolute Gasteiger partial charge is 1.00 e. The average Bonchev–Trinajstić information content (AvgIpc) is 2.97. The summed E-state index contributed by atoms with van der Waals surface area (Å²) >= 11 is 1.86. The molecule has 2 aromatic carbocycles. The van der Waals surface area contributed by atoms with E-state index in [0.29, 0.717) is 6.04 Å². The number of halogens is 1. The van der Waals surface area contributed by atoms with Gasteiger partial charge in [-0.05, 0) is 30.0 Å². The third kappa shape index (κ3) is 3.69. The number of fused-ring (bicyclic) bond motifs is 3. The Labute approximate surface area is 189 Å². The average molecular weight is 502 g/mol. The van der Waals surface area contributed by atoms with E-state index in [1.54, 1.807) is 0 Å². The van der Waals surface area contributed by atoms with E-state index in [2.05, 4.69) is 98.8 Å². The predicted octanol–water partition coefficient (Wildman–Crippen LogP) is 3.26. The van der Waals surface area contributed by atoms with E-state index in [4.69, 9.17) is 0 Å². The molecule has 1 aliphatic rings. The first kappa shape index (κ1) is 21.2. The van der Waals surface area contributed by atoms with Crippen molar-refractivity contribution in [3.8, 4) is 0 Å². The number of rotatable bonds is 3.